The van der Waals surface area contributed by atoms with Crippen molar-refractivity contribution in [3.63, 3.8) is 0 Å². The molecule has 0 radical (unpaired) electrons. The van der Waals surface area contributed by atoms with Crippen LogP contribution in [0.1, 0.15) is 19.4 Å². The minimum absolute atomic E-state index is 0.0930. The molecule has 6 atom stereocenters. The number of hydrogen-bond acceptors (Lipinski definition) is 9. The van der Waals surface area contributed by atoms with E-state index in [1.807, 2.05) is 18.2 Å². The number of benzene rings is 1. The van der Waals surface area contributed by atoms with E-state index in [2.05, 4.69) is 4.18 Å². The second kappa shape index (κ2) is 9.14. The Morgan fingerprint density at radius 3 is 2.12 bits per heavy atom. The van der Waals surface area contributed by atoms with Crippen LogP contribution in [0.25, 0.3) is 0 Å². The van der Waals surface area contributed by atoms with Gasteiger partial charge in [-0.2, -0.15) is 21.6 Å². The third-order valence-corrected chi connectivity index (χ3v) is 6.57. The van der Waals surface area contributed by atoms with Gasteiger partial charge in [0.25, 0.3) is 0 Å². The normalized spacial score (nSPS) is 36.0. The first-order valence-electron chi connectivity index (χ1n) is 9.58. The average molecular weight is 486 g/mol. The first-order valence-corrected chi connectivity index (χ1v) is 11.0. The number of methoxy groups -OCH3 is 2. The van der Waals surface area contributed by atoms with Gasteiger partial charge < -0.3 is 28.4 Å². The Balaban J connectivity index is 1.88. The summed E-state index contributed by atoms with van der Waals surface area (Å²) in [6.07, 6.45) is -5.35. The van der Waals surface area contributed by atoms with Crippen LogP contribution in [0.5, 0.6) is 0 Å². The van der Waals surface area contributed by atoms with Crippen molar-refractivity contribution in [3.05, 3.63) is 35.9 Å². The van der Waals surface area contributed by atoms with E-state index >= 15 is 0 Å². The lowest BCUT2D eigenvalue weighted by Gasteiger charge is -2.55. The molecule has 0 bridgehead atoms. The monoisotopic (exact) mass is 486 g/mol. The Hall–Kier alpha value is -1.32. The highest BCUT2D eigenvalue weighted by Crippen LogP contribution is 2.44. The quantitative estimate of drug-likeness (QED) is 0.425. The molecule has 0 unspecified atom stereocenters. The van der Waals surface area contributed by atoms with E-state index in [4.69, 9.17) is 28.4 Å². The zero-order valence-electron chi connectivity index (χ0n) is 17.8. The van der Waals surface area contributed by atoms with Crippen molar-refractivity contribution in [1.29, 1.82) is 0 Å². The maximum absolute atomic E-state index is 12.9. The van der Waals surface area contributed by atoms with E-state index in [9.17, 15) is 21.6 Å². The van der Waals surface area contributed by atoms with Crippen LogP contribution in [0.4, 0.5) is 13.2 Å². The Morgan fingerprint density at radius 1 is 1.03 bits per heavy atom. The Morgan fingerprint density at radius 2 is 1.59 bits per heavy atom. The summed E-state index contributed by atoms with van der Waals surface area (Å²) >= 11 is 0. The lowest BCUT2D eigenvalue weighted by Crippen LogP contribution is -2.71. The molecular weight excluding hydrogens is 461 g/mol. The summed E-state index contributed by atoms with van der Waals surface area (Å²) in [5.41, 5.74) is -4.82. The van der Waals surface area contributed by atoms with Crippen LogP contribution in [-0.4, -0.2) is 70.9 Å². The van der Waals surface area contributed by atoms with Gasteiger partial charge in [0.05, 0.1) is 13.2 Å². The topological polar surface area (TPSA) is 98.8 Å². The highest BCUT2D eigenvalue weighted by molar-refractivity contribution is 7.87. The van der Waals surface area contributed by atoms with E-state index in [0.29, 0.717) is 0 Å². The smallest absolute Gasteiger partial charge is 0.349 e. The molecule has 0 N–H and O–H groups in total. The molecule has 0 saturated carbocycles. The fourth-order valence-corrected chi connectivity index (χ4v) is 4.01. The average Bonchev–Trinajstić information content (AvgIpc) is 2.74. The molecule has 32 heavy (non-hydrogen) atoms. The summed E-state index contributed by atoms with van der Waals surface area (Å²) in [4.78, 5) is 0. The number of alkyl halides is 3. The van der Waals surface area contributed by atoms with Crippen LogP contribution < -0.4 is 0 Å². The lowest BCUT2D eigenvalue weighted by atomic mass is 9.98. The molecule has 0 aromatic heterocycles. The van der Waals surface area contributed by atoms with Crippen molar-refractivity contribution in [2.45, 2.75) is 62.1 Å². The molecule has 182 valence electrons. The van der Waals surface area contributed by atoms with Crippen LogP contribution in [0.3, 0.4) is 0 Å². The number of hydrogen-bond donors (Lipinski definition) is 0. The van der Waals surface area contributed by atoms with Crippen molar-refractivity contribution in [2.75, 3.05) is 20.8 Å². The van der Waals surface area contributed by atoms with Crippen molar-refractivity contribution in [3.8, 4) is 0 Å². The first kappa shape index (κ1) is 25.3. The Kier molecular flexibility index (Phi) is 7.23. The first-order chi connectivity index (χ1) is 14.9. The predicted molar refractivity (Wildman–Crippen MR) is 101 cm³/mol. The van der Waals surface area contributed by atoms with Crippen LogP contribution >= 0.6 is 0 Å². The molecule has 13 heteroatoms. The van der Waals surface area contributed by atoms with Crippen LogP contribution in [0.2, 0.25) is 0 Å². The van der Waals surface area contributed by atoms with Gasteiger partial charge in [0.15, 0.2) is 6.29 Å². The zero-order valence-corrected chi connectivity index (χ0v) is 18.6. The van der Waals surface area contributed by atoms with Gasteiger partial charge >= 0.3 is 15.6 Å². The molecule has 2 heterocycles. The third kappa shape index (κ3) is 4.80. The van der Waals surface area contributed by atoms with E-state index in [1.165, 1.54) is 28.1 Å². The Bertz CT molecular complexity index is 882. The maximum atomic E-state index is 12.9. The molecule has 3 rings (SSSR count). The molecule has 9 nitrogen and oxygen atoms in total. The van der Waals surface area contributed by atoms with Crippen LogP contribution in [-0.2, 0) is 49.3 Å². The largest absolute Gasteiger partial charge is 0.523 e. The van der Waals surface area contributed by atoms with Crippen LogP contribution in [0.15, 0.2) is 30.3 Å². The molecular formula is C19H25F3O9S. The molecule has 2 aliphatic rings. The van der Waals surface area contributed by atoms with Gasteiger partial charge in [0, 0.05) is 14.2 Å². The summed E-state index contributed by atoms with van der Waals surface area (Å²) < 4.78 is 100. The second-order valence-corrected chi connectivity index (χ2v) is 9.06. The molecule has 0 spiro atoms. The standard InChI is InChI=1S/C19H25F3O9S/c1-17(25-3)18(2,26-4)30-15-14(29-17)13(31-32(23,24)19(20,21)22)11-28-16(15)27-10-12-8-6-5-7-9-12/h5-9,13-16H,10-11H2,1-4H3/t13-,14+,15+,16+,17+,18+/m1/s1. The summed E-state index contributed by atoms with van der Waals surface area (Å²) in [5.74, 6) is -3.15. The molecule has 0 aliphatic carbocycles. The van der Waals surface area contributed by atoms with Crippen molar-refractivity contribution >= 4 is 10.1 Å². The lowest BCUT2D eigenvalue weighted by molar-refractivity contribution is -0.478. The molecule has 2 saturated heterocycles. The Labute approximate surface area is 183 Å². The van der Waals surface area contributed by atoms with Gasteiger partial charge in [-0.25, -0.2) is 0 Å². The number of ether oxygens (including phenoxy) is 6. The van der Waals surface area contributed by atoms with Crippen molar-refractivity contribution in [1.82, 2.24) is 0 Å². The van der Waals surface area contributed by atoms with Gasteiger partial charge in [-0.15, -0.1) is 0 Å². The van der Waals surface area contributed by atoms with Gasteiger partial charge in [-0.3, -0.25) is 4.18 Å². The SMILES string of the molecule is CO[C@@]1(C)O[C@@H]2[C@@H](OCc3ccccc3)OC[C@@H](OS(=O)(=O)C(F)(F)F)[C@@H]2O[C@]1(C)OC. The highest BCUT2D eigenvalue weighted by Gasteiger charge is 2.63. The van der Waals surface area contributed by atoms with Crippen molar-refractivity contribution in [2.24, 2.45) is 0 Å². The fourth-order valence-electron chi connectivity index (χ4n) is 3.41. The molecule has 0 amide bonds. The van der Waals surface area contributed by atoms with E-state index in [-0.39, 0.29) is 6.61 Å². The predicted octanol–water partition coefficient (Wildman–Crippen LogP) is 2.30. The zero-order chi connectivity index (χ0) is 23.8. The van der Waals surface area contributed by atoms with Crippen LogP contribution in [0, 0.1) is 0 Å². The van der Waals surface area contributed by atoms with Gasteiger partial charge in [0.2, 0.25) is 11.6 Å². The minimum atomic E-state index is -5.93. The fraction of sp³-hybridized carbons (Fsp3) is 0.684. The third-order valence-electron chi connectivity index (χ3n) is 5.50. The molecule has 1 aromatic rings. The van der Waals surface area contributed by atoms with Gasteiger partial charge in [-0.1, -0.05) is 30.3 Å². The number of fused-ring (bicyclic) bond motifs is 1. The van der Waals surface area contributed by atoms with E-state index in [0.717, 1.165) is 5.56 Å². The summed E-state index contributed by atoms with van der Waals surface area (Å²) in [6, 6.07) is 9.05. The highest BCUT2D eigenvalue weighted by atomic mass is 32.2. The molecule has 2 aliphatic heterocycles. The van der Waals surface area contributed by atoms with E-state index in [1.54, 1.807) is 12.1 Å². The van der Waals surface area contributed by atoms with Gasteiger partial charge in [0.1, 0.15) is 18.3 Å². The summed E-state index contributed by atoms with van der Waals surface area (Å²) in [5, 5.41) is 0. The molecule has 2 fully saturated rings. The van der Waals surface area contributed by atoms with Gasteiger partial charge in [-0.05, 0) is 19.4 Å². The summed E-state index contributed by atoms with van der Waals surface area (Å²) in [6.45, 7) is 2.47. The van der Waals surface area contributed by atoms with Crippen molar-refractivity contribution < 1.29 is 54.2 Å². The second-order valence-electron chi connectivity index (χ2n) is 7.50. The summed E-state index contributed by atoms with van der Waals surface area (Å²) in [7, 11) is -3.32. The minimum Gasteiger partial charge on any atom is -0.349 e. The number of halogens is 3. The molecule has 1 aromatic carbocycles. The van der Waals surface area contributed by atoms with E-state index < -0.39 is 58.4 Å². The maximum Gasteiger partial charge on any atom is 0.523 e. The number of rotatable bonds is 7.